The van der Waals surface area contributed by atoms with Crippen molar-refractivity contribution in [2.24, 2.45) is 0 Å². The summed E-state index contributed by atoms with van der Waals surface area (Å²) in [4.78, 5) is 17.7. The van der Waals surface area contributed by atoms with Crippen molar-refractivity contribution in [2.75, 3.05) is 29.9 Å². The normalized spacial score (nSPS) is 13.9. The molecule has 0 bridgehead atoms. The number of carbonyl (C=O) groups excluding carboxylic acids is 1. The number of nitrogens with zero attached hydrogens (tertiary/aromatic N) is 1. The lowest BCUT2D eigenvalue weighted by molar-refractivity contribution is 0.252. The zero-order valence-electron chi connectivity index (χ0n) is 14.8. The number of H-pyrrole nitrogens is 1. The number of nitrogens with one attached hydrogen (secondary N) is 3. The van der Waals surface area contributed by atoms with Crippen molar-refractivity contribution in [3.05, 3.63) is 60.3 Å². The van der Waals surface area contributed by atoms with Crippen molar-refractivity contribution in [2.45, 2.75) is 19.3 Å². The van der Waals surface area contributed by atoms with Crippen LogP contribution in [0.2, 0.25) is 0 Å². The van der Waals surface area contributed by atoms with Gasteiger partial charge in [0.25, 0.3) is 0 Å². The van der Waals surface area contributed by atoms with Gasteiger partial charge in [-0.05, 0) is 55.2 Å². The number of hydrogen-bond donors (Lipinski definition) is 3. The summed E-state index contributed by atoms with van der Waals surface area (Å²) in [5.74, 6) is 0. The molecule has 0 spiro atoms. The number of hydrogen-bond acceptors (Lipinski definition) is 2. The number of aromatic amines is 1. The molecular weight excluding hydrogens is 324 g/mol. The van der Waals surface area contributed by atoms with E-state index in [4.69, 9.17) is 0 Å². The minimum absolute atomic E-state index is 0.168. The second-order valence-corrected chi connectivity index (χ2v) is 6.73. The summed E-state index contributed by atoms with van der Waals surface area (Å²) in [5, 5.41) is 7.05. The Morgan fingerprint density at radius 1 is 1.04 bits per heavy atom. The first-order valence-corrected chi connectivity index (χ1v) is 9.24. The Morgan fingerprint density at radius 3 is 2.62 bits per heavy atom. The summed E-state index contributed by atoms with van der Waals surface area (Å²) >= 11 is 0. The lowest BCUT2D eigenvalue weighted by Gasteiger charge is -2.17. The Bertz CT molecular complexity index is 878. The fraction of sp³-hybridized carbons (Fsp3) is 0.286. The van der Waals surface area contributed by atoms with E-state index in [2.05, 4.69) is 44.8 Å². The number of benzene rings is 2. The van der Waals surface area contributed by atoms with Crippen molar-refractivity contribution < 1.29 is 4.79 Å². The van der Waals surface area contributed by atoms with Gasteiger partial charge in [-0.3, -0.25) is 0 Å². The maximum Gasteiger partial charge on any atom is 0.319 e. The first kappa shape index (κ1) is 16.5. The zero-order valence-corrected chi connectivity index (χ0v) is 14.8. The summed E-state index contributed by atoms with van der Waals surface area (Å²) < 4.78 is 0. The van der Waals surface area contributed by atoms with E-state index in [1.54, 1.807) is 0 Å². The predicted molar refractivity (Wildman–Crippen MR) is 107 cm³/mol. The highest BCUT2D eigenvalue weighted by Crippen LogP contribution is 2.22. The molecule has 0 atom stereocenters. The standard InChI is InChI=1S/C21H24N4O/c26-21(22-12-11-16-15-23-20-6-2-1-5-19(16)20)24-17-7-9-18(10-8-17)25-13-3-4-14-25/h1-2,5-10,15,23H,3-4,11-14H2,(H2,22,24,26). The molecule has 2 amide bonds. The molecule has 0 saturated carbocycles. The Morgan fingerprint density at radius 2 is 1.81 bits per heavy atom. The second-order valence-electron chi connectivity index (χ2n) is 6.73. The summed E-state index contributed by atoms with van der Waals surface area (Å²) in [7, 11) is 0. The van der Waals surface area contributed by atoms with E-state index in [9.17, 15) is 4.79 Å². The molecule has 0 radical (unpaired) electrons. The van der Waals surface area contributed by atoms with E-state index in [1.165, 1.54) is 29.5 Å². The van der Waals surface area contributed by atoms with Crippen LogP contribution in [-0.4, -0.2) is 30.6 Å². The third-order valence-electron chi connectivity index (χ3n) is 4.95. The second kappa shape index (κ2) is 7.52. The van der Waals surface area contributed by atoms with E-state index < -0.39 is 0 Å². The molecule has 1 saturated heterocycles. The quantitative estimate of drug-likeness (QED) is 0.649. The SMILES string of the molecule is O=C(NCCc1c[nH]c2ccccc12)Nc1ccc(N2CCCC2)cc1. The molecule has 1 aliphatic rings. The van der Waals surface area contributed by atoms with Crippen LogP contribution in [0.25, 0.3) is 10.9 Å². The van der Waals surface area contributed by atoms with Crippen LogP contribution in [0.3, 0.4) is 0 Å². The van der Waals surface area contributed by atoms with Gasteiger partial charge in [0, 0.05) is 48.1 Å². The predicted octanol–water partition coefficient (Wildman–Crippen LogP) is 4.13. The number of urea groups is 1. The van der Waals surface area contributed by atoms with Gasteiger partial charge in [0.05, 0.1) is 0 Å². The van der Waals surface area contributed by atoms with Crippen LogP contribution >= 0.6 is 0 Å². The van der Waals surface area contributed by atoms with Crippen molar-refractivity contribution in [3.8, 4) is 0 Å². The van der Waals surface area contributed by atoms with Crippen molar-refractivity contribution in [1.29, 1.82) is 0 Å². The van der Waals surface area contributed by atoms with E-state index in [-0.39, 0.29) is 6.03 Å². The Labute approximate surface area is 153 Å². The summed E-state index contributed by atoms with van der Waals surface area (Å²) in [6.45, 7) is 2.85. The average molecular weight is 348 g/mol. The molecule has 2 heterocycles. The molecule has 3 N–H and O–H groups in total. The van der Waals surface area contributed by atoms with Gasteiger partial charge >= 0.3 is 6.03 Å². The molecule has 2 aromatic carbocycles. The summed E-state index contributed by atoms with van der Waals surface area (Å²) in [6, 6.07) is 16.1. The van der Waals surface area contributed by atoms with E-state index in [1.807, 2.05) is 30.5 Å². The van der Waals surface area contributed by atoms with Gasteiger partial charge in [0.15, 0.2) is 0 Å². The largest absolute Gasteiger partial charge is 0.372 e. The number of carbonyl (C=O) groups is 1. The maximum atomic E-state index is 12.1. The molecule has 4 rings (SSSR count). The number of amides is 2. The number of aromatic nitrogens is 1. The molecule has 1 aliphatic heterocycles. The molecule has 1 aromatic heterocycles. The van der Waals surface area contributed by atoms with Gasteiger partial charge in [-0.15, -0.1) is 0 Å². The van der Waals surface area contributed by atoms with Crippen LogP contribution in [0.1, 0.15) is 18.4 Å². The average Bonchev–Trinajstić information content (AvgIpc) is 3.33. The van der Waals surface area contributed by atoms with Gasteiger partial charge in [0.2, 0.25) is 0 Å². The molecule has 1 fully saturated rings. The lowest BCUT2D eigenvalue weighted by Crippen LogP contribution is -2.30. The third-order valence-corrected chi connectivity index (χ3v) is 4.95. The summed E-state index contributed by atoms with van der Waals surface area (Å²) in [6.07, 6.45) is 5.34. The molecule has 134 valence electrons. The fourth-order valence-corrected chi connectivity index (χ4v) is 3.56. The lowest BCUT2D eigenvalue weighted by atomic mass is 10.1. The third kappa shape index (κ3) is 3.67. The minimum Gasteiger partial charge on any atom is -0.372 e. The summed E-state index contributed by atoms with van der Waals surface area (Å²) in [5.41, 5.74) is 4.39. The van der Waals surface area contributed by atoms with Gasteiger partial charge in [-0.25, -0.2) is 4.79 Å². The Hall–Kier alpha value is -2.95. The van der Waals surface area contributed by atoms with Crippen LogP contribution in [0, 0.1) is 0 Å². The number of rotatable bonds is 5. The highest BCUT2D eigenvalue weighted by molar-refractivity contribution is 5.89. The molecular formula is C21H24N4O. The van der Waals surface area contributed by atoms with Crippen molar-refractivity contribution in [1.82, 2.24) is 10.3 Å². The van der Waals surface area contributed by atoms with Crippen molar-refractivity contribution >= 4 is 28.3 Å². The molecule has 0 aliphatic carbocycles. The topological polar surface area (TPSA) is 60.2 Å². The van der Waals surface area contributed by atoms with Crippen molar-refractivity contribution in [3.63, 3.8) is 0 Å². The minimum atomic E-state index is -0.168. The number of para-hydroxylation sites is 1. The molecule has 5 nitrogen and oxygen atoms in total. The highest BCUT2D eigenvalue weighted by Gasteiger charge is 2.12. The van der Waals surface area contributed by atoms with Gasteiger partial charge in [0.1, 0.15) is 0 Å². The van der Waals surface area contributed by atoms with Crippen LogP contribution in [0.5, 0.6) is 0 Å². The molecule has 5 heteroatoms. The number of anilines is 2. The fourth-order valence-electron chi connectivity index (χ4n) is 3.56. The zero-order chi connectivity index (χ0) is 17.8. The maximum absolute atomic E-state index is 12.1. The first-order valence-electron chi connectivity index (χ1n) is 9.24. The van der Waals surface area contributed by atoms with Gasteiger partial charge in [-0.1, -0.05) is 18.2 Å². The van der Waals surface area contributed by atoms with E-state index in [0.717, 1.165) is 30.7 Å². The van der Waals surface area contributed by atoms with E-state index >= 15 is 0 Å². The van der Waals surface area contributed by atoms with Crippen LogP contribution < -0.4 is 15.5 Å². The molecule has 3 aromatic rings. The Kier molecular flexibility index (Phi) is 4.78. The molecule has 26 heavy (non-hydrogen) atoms. The smallest absolute Gasteiger partial charge is 0.319 e. The number of fused-ring (bicyclic) bond motifs is 1. The van der Waals surface area contributed by atoms with Crippen LogP contribution in [-0.2, 0) is 6.42 Å². The van der Waals surface area contributed by atoms with Crippen LogP contribution in [0.4, 0.5) is 16.2 Å². The highest BCUT2D eigenvalue weighted by atomic mass is 16.2. The monoisotopic (exact) mass is 348 g/mol. The molecule has 0 unspecified atom stereocenters. The first-order chi connectivity index (χ1) is 12.8. The van der Waals surface area contributed by atoms with E-state index in [0.29, 0.717) is 6.54 Å². The van der Waals surface area contributed by atoms with Crippen LogP contribution in [0.15, 0.2) is 54.7 Å². The van der Waals surface area contributed by atoms with Gasteiger partial charge < -0.3 is 20.5 Å². The van der Waals surface area contributed by atoms with Gasteiger partial charge in [-0.2, -0.15) is 0 Å². The Balaban J connectivity index is 1.27.